The van der Waals surface area contributed by atoms with Gasteiger partial charge in [-0.25, -0.2) is 14.7 Å². The van der Waals surface area contributed by atoms with Crippen LogP contribution >= 0.6 is 0 Å². The number of barbiturate groups is 1. The Kier molecular flexibility index (Phi) is 4.68. The molecule has 1 saturated heterocycles. The number of aryl methyl sites for hydroxylation is 3. The maximum atomic E-state index is 13.3. The molecule has 3 fully saturated rings. The summed E-state index contributed by atoms with van der Waals surface area (Å²) in [7, 11) is 0. The Hall–Kier alpha value is -2.50. The Balaban J connectivity index is 1.64. The van der Waals surface area contributed by atoms with Crippen LogP contribution in [0.15, 0.2) is 12.1 Å². The molecule has 2 saturated carbocycles. The van der Waals surface area contributed by atoms with E-state index in [4.69, 9.17) is 0 Å². The molecule has 0 spiro atoms. The van der Waals surface area contributed by atoms with E-state index in [9.17, 15) is 14.4 Å². The van der Waals surface area contributed by atoms with Crippen LogP contribution in [0.2, 0.25) is 0 Å². The highest BCUT2D eigenvalue weighted by Gasteiger charge is 2.64. The van der Waals surface area contributed by atoms with Crippen molar-refractivity contribution in [3.63, 3.8) is 0 Å². The fourth-order valence-electron chi connectivity index (χ4n) is 6.14. The van der Waals surface area contributed by atoms with Crippen molar-refractivity contribution in [2.75, 3.05) is 4.90 Å². The Morgan fingerprint density at radius 1 is 1.10 bits per heavy atom. The van der Waals surface area contributed by atoms with E-state index in [1.807, 2.05) is 32.9 Å². The highest BCUT2D eigenvalue weighted by Crippen LogP contribution is 2.64. The molecule has 4 amide bonds. The third-order valence-electron chi connectivity index (χ3n) is 8.32. The van der Waals surface area contributed by atoms with Gasteiger partial charge in [-0.05, 0) is 56.1 Å². The zero-order chi connectivity index (χ0) is 22.0. The van der Waals surface area contributed by atoms with Gasteiger partial charge in [0.25, 0.3) is 11.8 Å². The first kappa shape index (κ1) is 20.8. The number of nitrogens with zero attached hydrogens (tertiary/aromatic N) is 1. The number of benzene rings is 1. The first-order valence-corrected chi connectivity index (χ1v) is 10.8. The van der Waals surface area contributed by atoms with Gasteiger partial charge in [0.05, 0.1) is 5.69 Å². The van der Waals surface area contributed by atoms with E-state index in [1.165, 1.54) is 6.42 Å². The van der Waals surface area contributed by atoms with Gasteiger partial charge in [0.1, 0.15) is 0 Å². The van der Waals surface area contributed by atoms with Crippen LogP contribution in [0.1, 0.15) is 56.7 Å². The zero-order valence-electron chi connectivity index (χ0n) is 18.8. The third kappa shape index (κ3) is 2.83. The predicted molar refractivity (Wildman–Crippen MR) is 115 cm³/mol. The second kappa shape index (κ2) is 6.76. The Morgan fingerprint density at radius 3 is 2.27 bits per heavy atom. The van der Waals surface area contributed by atoms with Crippen LogP contribution in [0.3, 0.4) is 0 Å². The van der Waals surface area contributed by atoms with E-state index in [0.29, 0.717) is 11.6 Å². The number of amides is 4. The summed E-state index contributed by atoms with van der Waals surface area (Å²) in [6, 6.07) is 3.42. The zero-order valence-corrected chi connectivity index (χ0v) is 18.8. The van der Waals surface area contributed by atoms with Crippen LogP contribution < -0.4 is 15.2 Å². The largest absolute Gasteiger partial charge is 0.335 e. The summed E-state index contributed by atoms with van der Waals surface area (Å²) in [5, 5.41) is 2.37. The van der Waals surface area contributed by atoms with Gasteiger partial charge in [0.2, 0.25) is 0 Å². The van der Waals surface area contributed by atoms with Crippen LogP contribution in [0.25, 0.3) is 0 Å². The van der Waals surface area contributed by atoms with E-state index in [2.05, 4.69) is 31.1 Å². The molecule has 1 heterocycles. The summed E-state index contributed by atoms with van der Waals surface area (Å²) in [6.45, 7) is 12.7. The van der Waals surface area contributed by atoms with Crippen LogP contribution in [0.4, 0.5) is 10.5 Å². The molecule has 0 radical (unpaired) electrons. The van der Waals surface area contributed by atoms with Crippen molar-refractivity contribution in [3.8, 4) is 0 Å². The summed E-state index contributed by atoms with van der Waals surface area (Å²) >= 11 is 0. The van der Waals surface area contributed by atoms with E-state index in [-0.39, 0.29) is 16.9 Å². The topological polar surface area (TPSA) is 80.5 Å². The SMILES string of the molecule is Cc1cc(C)c(N2C(=O)NC(=O)[C@H](C=[NH+][C@@H]3C[C@@H]4CC[C@@]3(C)C4(C)C)C2=O)c(C)c1. The van der Waals surface area contributed by atoms with Gasteiger partial charge in [-0.15, -0.1) is 0 Å². The van der Waals surface area contributed by atoms with Gasteiger partial charge in [0, 0.05) is 11.8 Å². The third-order valence-corrected chi connectivity index (χ3v) is 8.32. The van der Waals surface area contributed by atoms with Crippen molar-refractivity contribution in [1.29, 1.82) is 0 Å². The molecule has 3 aliphatic rings. The van der Waals surface area contributed by atoms with Crippen LogP contribution in [-0.4, -0.2) is 30.1 Å². The number of hydrogen-bond donors (Lipinski definition) is 2. The summed E-state index contributed by atoms with van der Waals surface area (Å²) in [6.07, 6.45) is 5.04. The van der Waals surface area contributed by atoms with E-state index < -0.39 is 23.8 Å². The molecule has 30 heavy (non-hydrogen) atoms. The molecule has 6 heteroatoms. The molecule has 160 valence electrons. The fraction of sp³-hybridized carbons (Fsp3) is 0.583. The summed E-state index contributed by atoms with van der Waals surface area (Å²) in [5.41, 5.74) is 3.64. The van der Waals surface area contributed by atoms with Crippen molar-refractivity contribution in [3.05, 3.63) is 28.8 Å². The Bertz CT molecular complexity index is 957. The molecule has 0 aromatic heterocycles. The van der Waals surface area contributed by atoms with Crippen LogP contribution in [0, 0.1) is 43.4 Å². The van der Waals surface area contributed by atoms with Gasteiger partial charge in [-0.1, -0.05) is 38.5 Å². The summed E-state index contributed by atoms with van der Waals surface area (Å²) < 4.78 is 0. The number of carbonyl (C=O) groups is 3. The number of imide groups is 2. The number of hydrogen-bond acceptors (Lipinski definition) is 3. The second-order valence-electron chi connectivity index (χ2n) is 10.2. The molecular weight excluding hydrogens is 378 g/mol. The standard InChI is InChI=1S/C24H31N3O3/c1-13-9-14(2)19(15(3)10-13)27-21(29)17(20(28)26-22(27)30)12-25-18-11-16-7-8-24(18,6)23(16,4)5/h9-10,12,16-18H,7-8,11H2,1-6H3,(H,26,28,30)/p+1/t16-,17-,18+,24+/m0/s1. The lowest BCUT2D eigenvalue weighted by atomic mass is 9.69. The van der Waals surface area contributed by atoms with Crippen molar-refractivity contribution in [2.24, 2.45) is 22.7 Å². The molecule has 1 aromatic carbocycles. The first-order chi connectivity index (χ1) is 14.0. The molecule has 1 aliphatic heterocycles. The number of urea groups is 1. The van der Waals surface area contributed by atoms with Gasteiger partial charge < -0.3 is 0 Å². The van der Waals surface area contributed by atoms with Crippen molar-refractivity contribution in [1.82, 2.24) is 5.32 Å². The molecule has 1 aromatic rings. The quantitative estimate of drug-likeness (QED) is 0.592. The minimum Gasteiger partial charge on any atom is -0.276 e. The first-order valence-electron chi connectivity index (χ1n) is 10.8. The van der Waals surface area contributed by atoms with Crippen molar-refractivity contribution in [2.45, 2.75) is 66.8 Å². The highest BCUT2D eigenvalue weighted by molar-refractivity contribution is 6.32. The smallest absolute Gasteiger partial charge is 0.276 e. The number of rotatable bonds is 3. The normalized spacial score (nSPS) is 32.9. The Morgan fingerprint density at radius 2 is 1.73 bits per heavy atom. The fourth-order valence-corrected chi connectivity index (χ4v) is 6.14. The minimum absolute atomic E-state index is 0.127. The number of anilines is 1. The predicted octanol–water partition coefficient (Wildman–Crippen LogP) is 2.18. The maximum Gasteiger partial charge on any atom is 0.335 e. The van der Waals surface area contributed by atoms with Gasteiger partial charge in [0.15, 0.2) is 18.2 Å². The molecule has 0 unspecified atom stereocenters. The highest BCUT2D eigenvalue weighted by atomic mass is 16.2. The van der Waals surface area contributed by atoms with Crippen molar-refractivity contribution < 1.29 is 19.4 Å². The number of carbonyl (C=O) groups excluding carboxylic acids is 3. The molecule has 2 N–H and O–H groups in total. The summed E-state index contributed by atoms with van der Waals surface area (Å²) in [5.74, 6) is -1.45. The summed E-state index contributed by atoms with van der Waals surface area (Å²) in [4.78, 5) is 43.0. The lowest BCUT2D eigenvalue weighted by molar-refractivity contribution is -0.521. The molecule has 2 aliphatic carbocycles. The van der Waals surface area contributed by atoms with Gasteiger partial charge in [-0.3, -0.25) is 14.9 Å². The second-order valence-corrected chi connectivity index (χ2v) is 10.2. The minimum atomic E-state index is -1.03. The van der Waals surface area contributed by atoms with Crippen molar-refractivity contribution >= 4 is 29.7 Å². The molecule has 6 nitrogen and oxygen atoms in total. The van der Waals surface area contributed by atoms with E-state index >= 15 is 0 Å². The van der Waals surface area contributed by atoms with Gasteiger partial charge in [-0.2, -0.15) is 0 Å². The molecule has 2 bridgehead atoms. The molecule has 4 atom stereocenters. The molecular formula is C24H32N3O3+. The number of nitrogens with one attached hydrogen (secondary N) is 2. The van der Waals surface area contributed by atoms with E-state index in [1.54, 1.807) is 6.21 Å². The monoisotopic (exact) mass is 410 g/mol. The number of fused-ring (bicyclic) bond motifs is 2. The van der Waals surface area contributed by atoms with E-state index in [0.717, 1.165) is 34.4 Å². The average molecular weight is 411 g/mol. The van der Waals surface area contributed by atoms with Crippen LogP contribution in [0.5, 0.6) is 0 Å². The lowest BCUT2D eigenvalue weighted by Crippen LogP contribution is -2.82. The Labute approximate surface area is 178 Å². The average Bonchev–Trinajstić information content (AvgIpc) is 2.96. The lowest BCUT2D eigenvalue weighted by Gasteiger charge is -2.34. The molecule has 4 rings (SSSR count). The maximum absolute atomic E-state index is 13.3. The van der Waals surface area contributed by atoms with Crippen LogP contribution in [-0.2, 0) is 9.59 Å². The van der Waals surface area contributed by atoms with Gasteiger partial charge >= 0.3 is 6.03 Å².